The van der Waals surface area contributed by atoms with Crippen molar-refractivity contribution in [1.29, 1.82) is 0 Å². The van der Waals surface area contributed by atoms with Gasteiger partial charge in [-0.25, -0.2) is 0 Å². The molecule has 8 heteroatoms. The second-order valence-electron chi connectivity index (χ2n) is 23.1. The molecule has 0 N–H and O–H groups in total. The molecule has 4 atom stereocenters. The van der Waals surface area contributed by atoms with E-state index in [0.717, 1.165) is 107 Å². The molecule has 4 saturated heterocycles. The number of unbranched alkanes of at least 4 members (excludes halogenated alkanes) is 3. The van der Waals surface area contributed by atoms with Gasteiger partial charge in [0.15, 0.2) is 0 Å². The highest BCUT2D eigenvalue weighted by atomic mass is 16.6. The Morgan fingerprint density at radius 3 is 0.927 bits per heavy atom. The highest BCUT2D eigenvalue weighted by Crippen LogP contribution is 2.58. The highest BCUT2D eigenvalue weighted by Gasteiger charge is 2.48. The summed E-state index contributed by atoms with van der Waals surface area (Å²) in [6, 6.07) is 65.1. The lowest BCUT2D eigenvalue weighted by Crippen LogP contribution is -2.29. The van der Waals surface area contributed by atoms with Crippen LogP contribution in [0.4, 0.5) is 0 Å². The van der Waals surface area contributed by atoms with Crippen LogP contribution in [0.5, 0.6) is 23.0 Å². The Bertz CT molecular complexity index is 3350. The Kier molecular flexibility index (Phi) is 15.8. The van der Waals surface area contributed by atoms with E-state index in [2.05, 4.69) is 197 Å². The number of aryl methyl sites for hydroxylation is 3. The van der Waals surface area contributed by atoms with E-state index >= 15 is 0 Å². The molecule has 82 heavy (non-hydrogen) atoms. The molecule has 4 unspecified atom stereocenters. The molecule has 2 aliphatic carbocycles. The largest absolute Gasteiger partial charge is 0.491 e. The van der Waals surface area contributed by atoms with Crippen LogP contribution < -0.4 is 18.9 Å². The zero-order chi connectivity index (χ0) is 55.5. The van der Waals surface area contributed by atoms with Gasteiger partial charge in [0.1, 0.15) is 73.8 Å². The molecule has 420 valence electrons. The fourth-order valence-corrected chi connectivity index (χ4v) is 12.8. The number of epoxide rings is 4. The molecule has 14 rings (SSSR count). The van der Waals surface area contributed by atoms with Gasteiger partial charge < -0.3 is 37.9 Å². The highest BCUT2D eigenvalue weighted by molar-refractivity contribution is 5.88. The van der Waals surface area contributed by atoms with Crippen molar-refractivity contribution in [2.45, 2.75) is 114 Å². The third kappa shape index (κ3) is 10.9. The maximum absolute atomic E-state index is 6.33. The van der Waals surface area contributed by atoms with E-state index in [-0.39, 0.29) is 24.4 Å². The van der Waals surface area contributed by atoms with E-state index in [9.17, 15) is 0 Å². The fraction of sp³-hybridized carbons (Fsp3) is 0.351. The Hall–Kier alpha value is -7.20. The van der Waals surface area contributed by atoms with Gasteiger partial charge in [0.2, 0.25) is 0 Å². The average molecular weight is 1090 g/mol. The lowest BCUT2D eigenvalue weighted by atomic mass is 9.67. The SMILES string of the molecule is CCCCc1cc(C2(c3ccc(OCC4CO4)c(CCCC)c3)c3ccccc3-c3ccccc32)ccc1OCC1CO1.CCCCc1cc(C2(c3ccc(OCC4CO4)cc3)c3ccccc3-c3ccccc32)ccc1OCC1CO1. The van der Waals surface area contributed by atoms with Gasteiger partial charge in [0, 0.05) is 0 Å². The summed E-state index contributed by atoms with van der Waals surface area (Å²) in [5.41, 5.74) is 18.5. The lowest BCUT2D eigenvalue weighted by molar-refractivity contribution is 0.260. The molecule has 0 bridgehead atoms. The van der Waals surface area contributed by atoms with Crippen LogP contribution in [0.25, 0.3) is 22.3 Å². The summed E-state index contributed by atoms with van der Waals surface area (Å²) in [6.07, 6.45) is 10.7. The Balaban J connectivity index is 0.000000155. The first-order valence-electron chi connectivity index (χ1n) is 30.4. The zero-order valence-corrected chi connectivity index (χ0v) is 47.8. The van der Waals surface area contributed by atoms with Crippen LogP contribution in [0.3, 0.4) is 0 Å². The summed E-state index contributed by atoms with van der Waals surface area (Å²) >= 11 is 0. The van der Waals surface area contributed by atoms with Gasteiger partial charge >= 0.3 is 0 Å². The molecule has 8 aromatic rings. The number of rotatable bonds is 25. The summed E-state index contributed by atoms with van der Waals surface area (Å²) in [6.45, 7) is 12.4. The van der Waals surface area contributed by atoms with E-state index in [1.807, 2.05) is 0 Å². The van der Waals surface area contributed by atoms with E-state index in [1.54, 1.807) is 0 Å². The Morgan fingerprint density at radius 2 is 0.622 bits per heavy atom. The van der Waals surface area contributed by atoms with Crippen molar-refractivity contribution in [3.63, 3.8) is 0 Å². The van der Waals surface area contributed by atoms with Crippen molar-refractivity contribution in [2.75, 3.05) is 52.9 Å². The smallest absolute Gasteiger partial charge is 0.122 e. The molecule has 0 saturated carbocycles. The molecule has 8 nitrogen and oxygen atoms in total. The van der Waals surface area contributed by atoms with Crippen LogP contribution in [0.15, 0.2) is 176 Å². The maximum atomic E-state index is 6.33. The second-order valence-corrected chi connectivity index (χ2v) is 23.1. The van der Waals surface area contributed by atoms with Crippen molar-refractivity contribution in [3.8, 4) is 45.3 Å². The van der Waals surface area contributed by atoms with Gasteiger partial charge in [0.05, 0.1) is 37.3 Å². The predicted octanol–water partition coefficient (Wildman–Crippen LogP) is 15.2. The number of benzene rings is 8. The number of fused-ring (bicyclic) bond motifs is 6. The molecule has 0 amide bonds. The van der Waals surface area contributed by atoms with Crippen LogP contribution in [-0.4, -0.2) is 77.3 Å². The number of ether oxygens (including phenoxy) is 8. The quantitative estimate of drug-likeness (QED) is 0.0523. The molecule has 0 spiro atoms. The van der Waals surface area contributed by atoms with Crippen LogP contribution in [-0.2, 0) is 49.0 Å². The molecule has 6 aliphatic rings. The fourth-order valence-electron chi connectivity index (χ4n) is 12.8. The molecule has 0 aromatic heterocycles. The van der Waals surface area contributed by atoms with Crippen molar-refractivity contribution >= 4 is 0 Å². The van der Waals surface area contributed by atoms with Gasteiger partial charge in [0.25, 0.3) is 0 Å². The standard InChI is InChI=1S/C39H42O4.C35H34O4/c1-3-5-11-27-21-29(17-19-37(27)42-25-31-23-40-31)39(35-15-9-7-13-33(35)34-14-8-10-16-36(34)39)30-18-20-38(43-26-32-24-41-32)28(22-30)12-6-4-2;1-2-3-8-24-19-26(15-18-34(24)39-23-29-22-38-29)35(25-13-16-27(17-14-25)36-20-28-21-37-28)32-11-6-4-9-30(32)31-10-5-7-12-33(31)35/h7-10,13-22,31-32H,3-6,11-12,23-26H2,1-2H3;4-7,9-19,28-29H,2-3,8,20-23H2,1H3. The first-order chi connectivity index (χ1) is 40.5. The lowest BCUT2D eigenvalue weighted by Gasteiger charge is -2.35. The average Bonchev–Trinajstić information content (AvgIpc) is 2.29. The normalized spacial score (nSPS) is 19.4. The molecule has 0 radical (unpaired) electrons. The maximum Gasteiger partial charge on any atom is 0.122 e. The van der Waals surface area contributed by atoms with E-state index < -0.39 is 10.8 Å². The molecule has 4 aliphatic heterocycles. The first kappa shape index (κ1) is 54.1. The summed E-state index contributed by atoms with van der Waals surface area (Å²) in [7, 11) is 0. The Labute approximate surface area is 484 Å². The van der Waals surface area contributed by atoms with Crippen molar-refractivity contribution in [2.24, 2.45) is 0 Å². The molecule has 4 fully saturated rings. The summed E-state index contributed by atoms with van der Waals surface area (Å²) in [4.78, 5) is 0. The van der Waals surface area contributed by atoms with Crippen molar-refractivity contribution < 1.29 is 37.9 Å². The van der Waals surface area contributed by atoms with Gasteiger partial charge in [-0.1, -0.05) is 186 Å². The van der Waals surface area contributed by atoms with Crippen molar-refractivity contribution in [3.05, 3.63) is 237 Å². The first-order valence-corrected chi connectivity index (χ1v) is 30.4. The minimum Gasteiger partial charge on any atom is -0.491 e. The van der Waals surface area contributed by atoms with E-state index in [1.165, 1.54) is 83.5 Å². The Morgan fingerprint density at radius 1 is 0.341 bits per heavy atom. The van der Waals surface area contributed by atoms with E-state index in [4.69, 9.17) is 37.9 Å². The molecule has 8 aromatic carbocycles. The second kappa shape index (κ2) is 23.9. The minimum absolute atomic E-state index is 0.229. The monoisotopic (exact) mass is 1090 g/mol. The molecular formula is C74H76O8. The van der Waals surface area contributed by atoms with Gasteiger partial charge in [-0.05, 0) is 152 Å². The third-order valence-electron chi connectivity index (χ3n) is 17.4. The van der Waals surface area contributed by atoms with E-state index in [0.29, 0.717) is 26.4 Å². The van der Waals surface area contributed by atoms with Gasteiger partial charge in [-0.2, -0.15) is 0 Å². The third-order valence-corrected chi connectivity index (χ3v) is 17.4. The van der Waals surface area contributed by atoms with Crippen LogP contribution in [0.1, 0.15) is 120 Å². The summed E-state index contributed by atoms with van der Waals surface area (Å²) < 4.78 is 46.6. The number of hydrogen-bond acceptors (Lipinski definition) is 8. The summed E-state index contributed by atoms with van der Waals surface area (Å²) in [5.74, 6) is 3.82. The minimum atomic E-state index is -0.453. The van der Waals surface area contributed by atoms with Gasteiger partial charge in [-0.15, -0.1) is 0 Å². The predicted molar refractivity (Wildman–Crippen MR) is 324 cm³/mol. The van der Waals surface area contributed by atoms with Crippen LogP contribution in [0.2, 0.25) is 0 Å². The number of hydrogen-bond donors (Lipinski definition) is 0. The molecular weight excluding hydrogens is 1020 g/mol. The molecule has 4 heterocycles. The topological polar surface area (TPSA) is 87.0 Å². The van der Waals surface area contributed by atoms with Crippen molar-refractivity contribution in [1.82, 2.24) is 0 Å². The zero-order valence-electron chi connectivity index (χ0n) is 47.8. The van der Waals surface area contributed by atoms with Gasteiger partial charge in [-0.3, -0.25) is 0 Å². The van der Waals surface area contributed by atoms with Crippen LogP contribution >= 0.6 is 0 Å². The summed E-state index contributed by atoms with van der Waals surface area (Å²) in [5, 5.41) is 0. The van der Waals surface area contributed by atoms with Crippen LogP contribution in [0, 0.1) is 0 Å².